The number of carbonyl (C=O) groups excluding carboxylic acids is 2. The van der Waals surface area contributed by atoms with Gasteiger partial charge >= 0.3 is 12.1 Å². The average molecular weight is 397 g/mol. The summed E-state index contributed by atoms with van der Waals surface area (Å²) in [5, 5.41) is 2.40. The van der Waals surface area contributed by atoms with Gasteiger partial charge in [-0.1, -0.05) is 12.1 Å². The van der Waals surface area contributed by atoms with Crippen molar-refractivity contribution >= 4 is 11.9 Å². The van der Waals surface area contributed by atoms with E-state index in [-0.39, 0.29) is 17.7 Å². The number of benzene rings is 2. The molecule has 0 bridgehead atoms. The summed E-state index contributed by atoms with van der Waals surface area (Å²) >= 11 is 0. The number of hydrogen-bond donors (Lipinski definition) is 1. The van der Waals surface area contributed by atoms with Gasteiger partial charge in [-0.3, -0.25) is 4.79 Å². The van der Waals surface area contributed by atoms with Crippen molar-refractivity contribution in [1.82, 2.24) is 5.32 Å². The summed E-state index contributed by atoms with van der Waals surface area (Å²) in [5.74, 6) is -0.648. The number of amides is 1. The van der Waals surface area contributed by atoms with Crippen LogP contribution in [0.4, 0.5) is 13.2 Å². The molecule has 0 aromatic heterocycles. The number of hydrogen-bond acceptors (Lipinski definition) is 5. The molecule has 2 aromatic carbocycles. The Labute approximate surface area is 159 Å². The Balaban J connectivity index is 1.88. The predicted molar refractivity (Wildman–Crippen MR) is 93.1 cm³/mol. The van der Waals surface area contributed by atoms with Gasteiger partial charge in [-0.15, -0.1) is 0 Å². The van der Waals surface area contributed by atoms with Crippen molar-refractivity contribution in [3.63, 3.8) is 0 Å². The van der Waals surface area contributed by atoms with Gasteiger partial charge in [-0.2, -0.15) is 13.2 Å². The largest absolute Gasteiger partial charge is 0.493 e. The lowest BCUT2D eigenvalue weighted by Crippen LogP contribution is -2.28. The van der Waals surface area contributed by atoms with Crippen LogP contribution in [0.15, 0.2) is 42.5 Å². The molecule has 0 unspecified atom stereocenters. The number of halogens is 3. The highest BCUT2D eigenvalue weighted by atomic mass is 19.4. The molecule has 0 aliphatic carbocycles. The van der Waals surface area contributed by atoms with E-state index >= 15 is 0 Å². The van der Waals surface area contributed by atoms with Crippen LogP contribution < -0.4 is 14.8 Å². The molecule has 1 N–H and O–H groups in total. The quantitative estimate of drug-likeness (QED) is 0.727. The molecule has 0 fully saturated rings. The van der Waals surface area contributed by atoms with Crippen LogP contribution >= 0.6 is 0 Å². The SMILES string of the molecule is COc1ccc(C(=O)OCC(=O)NCc2cccc(C(F)(F)F)c2)cc1OC. The number of methoxy groups -OCH3 is 2. The third kappa shape index (κ3) is 5.63. The van der Waals surface area contributed by atoms with E-state index in [0.29, 0.717) is 11.5 Å². The first-order chi connectivity index (χ1) is 13.2. The van der Waals surface area contributed by atoms with Crippen molar-refractivity contribution in [2.45, 2.75) is 12.7 Å². The van der Waals surface area contributed by atoms with Gasteiger partial charge in [0.05, 0.1) is 25.3 Å². The van der Waals surface area contributed by atoms with Crippen LogP contribution in [0, 0.1) is 0 Å². The van der Waals surface area contributed by atoms with Gasteiger partial charge in [0.15, 0.2) is 18.1 Å². The second kappa shape index (κ2) is 9.12. The highest BCUT2D eigenvalue weighted by molar-refractivity contribution is 5.92. The summed E-state index contributed by atoms with van der Waals surface area (Å²) in [6.45, 7) is -0.706. The maximum absolute atomic E-state index is 12.7. The van der Waals surface area contributed by atoms with Crippen molar-refractivity contribution in [2.24, 2.45) is 0 Å². The molecule has 150 valence electrons. The average Bonchev–Trinajstić information content (AvgIpc) is 2.69. The molecule has 0 aliphatic rings. The van der Waals surface area contributed by atoms with Crippen molar-refractivity contribution < 1.29 is 37.0 Å². The fraction of sp³-hybridized carbons (Fsp3) is 0.263. The van der Waals surface area contributed by atoms with E-state index < -0.39 is 30.2 Å². The second-order valence-electron chi connectivity index (χ2n) is 5.62. The molecule has 6 nitrogen and oxygen atoms in total. The number of esters is 1. The Morgan fingerprint density at radius 1 is 1.00 bits per heavy atom. The molecule has 0 saturated heterocycles. The number of rotatable bonds is 7. The van der Waals surface area contributed by atoms with Gasteiger partial charge in [0, 0.05) is 6.54 Å². The molecule has 2 aromatic rings. The normalized spacial score (nSPS) is 10.9. The zero-order valence-corrected chi connectivity index (χ0v) is 15.1. The molecule has 0 saturated carbocycles. The number of carbonyl (C=O) groups is 2. The first-order valence-corrected chi connectivity index (χ1v) is 8.06. The lowest BCUT2D eigenvalue weighted by Gasteiger charge is -2.11. The molecule has 0 atom stereocenters. The molecule has 0 heterocycles. The summed E-state index contributed by atoms with van der Waals surface area (Å²) in [5.41, 5.74) is -0.378. The third-order valence-corrected chi connectivity index (χ3v) is 3.70. The van der Waals surface area contributed by atoms with E-state index in [1.807, 2.05) is 0 Å². The fourth-order valence-corrected chi connectivity index (χ4v) is 2.29. The Kier molecular flexibility index (Phi) is 6.86. The molecule has 2 rings (SSSR count). The van der Waals surface area contributed by atoms with Crippen molar-refractivity contribution in [3.05, 3.63) is 59.2 Å². The minimum atomic E-state index is -4.46. The van der Waals surface area contributed by atoms with Crippen LogP contribution in [-0.2, 0) is 22.3 Å². The monoisotopic (exact) mass is 397 g/mol. The van der Waals surface area contributed by atoms with Crippen LogP contribution in [-0.4, -0.2) is 32.7 Å². The zero-order chi connectivity index (χ0) is 20.7. The van der Waals surface area contributed by atoms with Crippen LogP contribution in [0.1, 0.15) is 21.5 Å². The van der Waals surface area contributed by atoms with E-state index in [4.69, 9.17) is 14.2 Å². The Hall–Kier alpha value is -3.23. The standard InChI is InChI=1S/C19H18F3NO5/c1-26-15-7-6-13(9-16(15)27-2)18(25)28-11-17(24)23-10-12-4-3-5-14(8-12)19(20,21)22/h3-9H,10-11H2,1-2H3,(H,23,24). The summed E-state index contributed by atoms with van der Waals surface area (Å²) in [7, 11) is 2.86. The van der Waals surface area contributed by atoms with Crippen LogP contribution in [0.25, 0.3) is 0 Å². The molecular weight excluding hydrogens is 379 g/mol. The summed E-state index contributed by atoms with van der Waals surface area (Å²) in [6, 6.07) is 8.95. The predicted octanol–water partition coefficient (Wildman–Crippen LogP) is 3.20. The third-order valence-electron chi connectivity index (χ3n) is 3.70. The maximum Gasteiger partial charge on any atom is 0.416 e. The zero-order valence-electron chi connectivity index (χ0n) is 15.1. The van der Waals surface area contributed by atoms with Crippen LogP contribution in [0.5, 0.6) is 11.5 Å². The minimum Gasteiger partial charge on any atom is -0.493 e. The first kappa shape index (κ1) is 21.1. The highest BCUT2D eigenvalue weighted by Crippen LogP contribution is 2.29. The summed E-state index contributed by atoms with van der Waals surface area (Å²) in [4.78, 5) is 23.8. The Bertz CT molecular complexity index is 852. The lowest BCUT2D eigenvalue weighted by atomic mass is 10.1. The lowest BCUT2D eigenvalue weighted by molar-refractivity contribution is -0.137. The van der Waals surface area contributed by atoms with E-state index in [2.05, 4.69) is 5.32 Å². The van der Waals surface area contributed by atoms with E-state index in [9.17, 15) is 22.8 Å². The van der Waals surface area contributed by atoms with E-state index in [0.717, 1.165) is 12.1 Å². The van der Waals surface area contributed by atoms with Crippen molar-refractivity contribution in [1.29, 1.82) is 0 Å². The number of ether oxygens (including phenoxy) is 3. The van der Waals surface area contributed by atoms with Gasteiger partial charge in [0.1, 0.15) is 0 Å². The summed E-state index contributed by atoms with van der Waals surface area (Å²) in [6.07, 6.45) is -4.46. The van der Waals surface area contributed by atoms with Gasteiger partial charge < -0.3 is 19.5 Å². The molecule has 0 radical (unpaired) electrons. The van der Waals surface area contributed by atoms with Gasteiger partial charge in [-0.05, 0) is 35.9 Å². The Morgan fingerprint density at radius 2 is 1.71 bits per heavy atom. The van der Waals surface area contributed by atoms with Gasteiger partial charge in [0.25, 0.3) is 5.91 Å². The van der Waals surface area contributed by atoms with E-state index in [1.165, 1.54) is 44.6 Å². The fourth-order valence-electron chi connectivity index (χ4n) is 2.29. The molecule has 9 heteroatoms. The molecule has 28 heavy (non-hydrogen) atoms. The van der Waals surface area contributed by atoms with E-state index in [1.54, 1.807) is 0 Å². The second-order valence-corrected chi connectivity index (χ2v) is 5.62. The smallest absolute Gasteiger partial charge is 0.416 e. The highest BCUT2D eigenvalue weighted by Gasteiger charge is 2.30. The maximum atomic E-state index is 12.7. The van der Waals surface area contributed by atoms with Crippen molar-refractivity contribution in [2.75, 3.05) is 20.8 Å². The molecule has 0 aliphatic heterocycles. The summed E-state index contributed by atoms with van der Waals surface area (Å²) < 4.78 is 53.1. The minimum absolute atomic E-state index is 0.128. The van der Waals surface area contributed by atoms with Gasteiger partial charge in [0.2, 0.25) is 0 Å². The van der Waals surface area contributed by atoms with Crippen LogP contribution in [0.2, 0.25) is 0 Å². The number of nitrogens with one attached hydrogen (secondary N) is 1. The van der Waals surface area contributed by atoms with Gasteiger partial charge in [-0.25, -0.2) is 4.79 Å². The molecule has 1 amide bonds. The topological polar surface area (TPSA) is 73.9 Å². The molecular formula is C19H18F3NO5. The molecule has 0 spiro atoms. The first-order valence-electron chi connectivity index (χ1n) is 8.06. The van der Waals surface area contributed by atoms with Crippen molar-refractivity contribution in [3.8, 4) is 11.5 Å². The number of alkyl halides is 3. The van der Waals surface area contributed by atoms with Crippen LogP contribution in [0.3, 0.4) is 0 Å². The Morgan fingerprint density at radius 3 is 2.36 bits per heavy atom.